The second-order valence-electron chi connectivity index (χ2n) is 3.86. The Morgan fingerprint density at radius 3 is 2.90 bits per heavy atom. The number of hydrogen-bond donors (Lipinski definition) is 1. The first-order chi connectivity index (χ1) is 9.63. The van der Waals surface area contributed by atoms with Gasteiger partial charge in [-0.1, -0.05) is 6.07 Å². The Kier molecular flexibility index (Phi) is 4.33. The van der Waals surface area contributed by atoms with Crippen LogP contribution in [-0.4, -0.2) is 18.1 Å². The van der Waals surface area contributed by atoms with Crippen LogP contribution in [0.15, 0.2) is 41.0 Å². The standard InChI is InChI=1S/C14H10BrN3O2/c1-20-14(19)10-3-2-4-11(6-10)18-13-12(15)5-9(7-16)8-17-13/h2-6,8H,1H3,(H,17,18). The monoisotopic (exact) mass is 331 g/mol. The molecule has 1 aromatic heterocycles. The fourth-order valence-electron chi connectivity index (χ4n) is 1.57. The number of aromatic nitrogens is 1. The molecular formula is C14H10BrN3O2. The van der Waals surface area contributed by atoms with E-state index in [0.29, 0.717) is 27.1 Å². The lowest BCUT2D eigenvalue weighted by molar-refractivity contribution is 0.0601. The molecule has 20 heavy (non-hydrogen) atoms. The topological polar surface area (TPSA) is 75.0 Å². The molecule has 1 N–H and O–H groups in total. The van der Waals surface area contributed by atoms with Gasteiger partial charge in [0.25, 0.3) is 0 Å². The number of halogens is 1. The number of methoxy groups -OCH3 is 1. The molecular weight excluding hydrogens is 322 g/mol. The van der Waals surface area contributed by atoms with Crippen molar-refractivity contribution in [3.63, 3.8) is 0 Å². The summed E-state index contributed by atoms with van der Waals surface area (Å²) in [6.07, 6.45) is 1.47. The van der Waals surface area contributed by atoms with Crippen LogP contribution in [0.2, 0.25) is 0 Å². The molecule has 0 atom stereocenters. The highest BCUT2D eigenvalue weighted by atomic mass is 79.9. The van der Waals surface area contributed by atoms with E-state index in [0.717, 1.165) is 0 Å². The van der Waals surface area contributed by atoms with Crippen LogP contribution in [0, 0.1) is 11.3 Å². The SMILES string of the molecule is COC(=O)c1cccc(Nc2ncc(C#N)cc2Br)c1. The first-order valence-electron chi connectivity index (χ1n) is 5.65. The second-order valence-corrected chi connectivity index (χ2v) is 4.72. The Balaban J connectivity index is 2.26. The van der Waals surface area contributed by atoms with Gasteiger partial charge in [-0.25, -0.2) is 9.78 Å². The van der Waals surface area contributed by atoms with Gasteiger partial charge < -0.3 is 10.1 Å². The van der Waals surface area contributed by atoms with Gasteiger partial charge in [-0.15, -0.1) is 0 Å². The van der Waals surface area contributed by atoms with Crippen molar-refractivity contribution in [3.8, 4) is 6.07 Å². The van der Waals surface area contributed by atoms with Gasteiger partial charge >= 0.3 is 5.97 Å². The summed E-state index contributed by atoms with van der Waals surface area (Å²) in [6, 6.07) is 10.6. The van der Waals surface area contributed by atoms with E-state index in [-0.39, 0.29) is 0 Å². The number of esters is 1. The van der Waals surface area contributed by atoms with Gasteiger partial charge in [0.2, 0.25) is 0 Å². The number of carbonyl (C=O) groups is 1. The van der Waals surface area contributed by atoms with Crippen molar-refractivity contribution in [1.29, 1.82) is 5.26 Å². The maximum atomic E-state index is 11.5. The molecule has 0 aliphatic rings. The van der Waals surface area contributed by atoms with E-state index in [2.05, 4.69) is 31.0 Å². The Morgan fingerprint density at radius 2 is 2.25 bits per heavy atom. The highest BCUT2D eigenvalue weighted by molar-refractivity contribution is 9.10. The molecule has 5 nitrogen and oxygen atoms in total. The van der Waals surface area contributed by atoms with E-state index in [1.165, 1.54) is 13.3 Å². The summed E-state index contributed by atoms with van der Waals surface area (Å²) in [6.45, 7) is 0. The molecule has 0 saturated carbocycles. The fourth-order valence-corrected chi connectivity index (χ4v) is 2.02. The van der Waals surface area contributed by atoms with E-state index in [4.69, 9.17) is 5.26 Å². The van der Waals surface area contributed by atoms with E-state index >= 15 is 0 Å². The zero-order valence-electron chi connectivity index (χ0n) is 10.6. The molecule has 0 aliphatic carbocycles. The van der Waals surface area contributed by atoms with Gasteiger partial charge in [0.15, 0.2) is 0 Å². The van der Waals surface area contributed by atoms with Gasteiger partial charge in [0.05, 0.1) is 22.7 Å². The van der Waals surface area contributed by atoms with E-state index < -0.39 is 5.97 Å². The van der Waals surface area contributed by atoms with Crippen molar-refractivity contribution in [2.75, 3.05) is 12.4 Å². The third kappa shape index (κ3) is 3.13. The molecule has 1 heterocycles. The van der Waals surface area contributed by atoms with Crippen molar-refractivity contribution in [2.45, 2.75) is 0 Å². The highest BCUT2D eigenvalue weighted by Crippen LogP contribution is 2.24. The maximum Gasteiger partial charge on any atom is 0.337 e. The van der Waals surface area contributed by atoms with Crippen LogP contribution in [0.1, 0.15) is 15.9 Å². The number of nitrogens with zero attached hydrogens (tertiary/aromatic N) is 2. The summed E-state index contributed by atoms with van der Waals surface area (Å²) in [4.78, 5) is 15.6. The fraction of sp³-hybridized carbons (Fsp3) is 0.0714. The van der Waals surface area contributed by atoms with Crippen LogP contribution in [0.5, 0.6) is 0 Å². The summed E-state index contributed by atoms with van der Waals surface area (Å²) >= 11 is 3.34. The third-order valence-corrected chi connectivity index (χ3v) is 3.12. The number of nitriles is 1. The molecule has 0 spiro atoms. The van der Waals surface area contributed by atoms with Crippen LogP contribution in [0.4, 0.5) is 11.5 Å². The summed E-state index contributed by atoms with van der Waals surface area (Å²) in [7, 11) is 1.33. The van der Waals surface area contributed by atoms with Crippen molar-refractivity contribution in [1.82, 2.24) is 4.98 Å². The van der Waals surface area contributed by atoms with Crippen LogP contribution >= 0.6 is 15.9 Å². The predicted molar refractivity (Wildman–Crippen MR) is 77.7 cm³/mol. The van der Waals surface area contributed by atoms with Gasteiger partial charge in [-0.05, 0) is 40.2 Å². The lowest BCUT2D eigenvalue weighted by Gasteiger charge is -2.08. The molecule has 0 saturated heterocycles. The summed E-state index contributed by atoms with van der Waals surface area (Å²) in [5.41, 5.74) is 1.61. The number of carbonyl (C=O) groups excluding carboxylic acids is 1. The lowest BCUT2D eigenvalue weighted by Crippen LogP contribution is -2.02. The van der Waals surface area contributed by atoms with E-state index in [1.807, 2.05) is 6.07 Å². The Hall–Kier alpha value is -2.39. The molecule has 1 aromatic carbocycles. The van der Waals surface area contributed by atoms with Crippen molar-refractivity contribution >= 4 is 33.4 Å². The second kappa shape index (κ2) is 6.17. The number of anilines is 2. The molecule has 2 rings (SSSR count). The van der Waals surface area contributed by atoms with Crippen molar-refractivity contribution in [2.24, 2.45) is 0 Å². The summed E-state index contributed by atoms with van der Waals surface area (Å²) in [5.74, 6) is 0.159. The Bertz CT molecular complexity index is 695. The van der Waals surface area contributed by atoms with Crippen LogP contribution in [-0.2, 0) is 4.74 Å². The molecule has 0 fully saturated rings. The van der Waals surface area contributed by atoms with Gasteiger partial charge in [0, 0.05) is 11.9 Å². The number of rotatable bonds is 3. The minimum absolute atomic E-state index is 0.402. The van der Waals surface area contributed by atoms with Gasteiger partial charge in [-0.3, -0.25) is 0 Å². The number of pyridine rings is 1. The smallest absolute Gasteiger partial charge is 0.337 e. The lowest BCUT2D eigenvalue weighted by atomic mass is 10.2. The molecule has 0 amide bonds. The van der Waals surface area contributed by atoms with Crippen LogP contribution in [0.3, 0.4) is 0 Å². The average molecular weight is 332 g/mol. The zero-order valence-corrected chi connectivity index (χ0v) is 12.1. The van der Waals surface area contributed by atoms with Crippen LogP contribution in [0.25, 0.3) is 0 Å². The molecule has 0 bridgehead atoms. The van der Waals surface area contributed by atoms with E-state index in [1.54, 1.807) is 30.3 Å². The van der Waals surface area contributed by atoms with Crippen molar-refractivity contribution < 1.29 is 9.53 Å². The molecule has 2 aromatic rings. The molecule has 100 valence electrons. The number of benzene rings is 1. The van der Waals surface area contributed by atoms with Crippen molar-refractivity contribution in [3.05, 3.63) is 52.1 Å². The largest absolute Gasteiger partial charge is 0.465 e. The van der Waals surface area contributed by atoms with Crippen LogP contribution < -0.4 is 5.32 Å². The van der Waals surface area contributed by atoms with E-state index in [9.17, 15) is 4.79 Å². The minimum atomic E-state index is -0.402. The average Bonchev–Trinajstić information content (AvgIpc) is 2.48. The molecule has 0 aliphatic heterocycles. The summed E-state index contributed by atoms with van der Waals surface area (Å²) in [5, 5.41) is 11.9. The predicted octanol–water partition coefficient (Wildman–Crippen LogP) is 3.25. The number of hydrogen-bond acceptors (Lipinski definition) is 5. The summed E-state index contributed by atoms with van der Waals surface area (Å²) < 4.78 is 5.33. The minimum Gasteiger partial charge on any atom is -0.465 e. The Labute approximate surface area is 124 Å². The maximum absolute atomic E-state index is 11.5. The molecule has 6 heteroatoms. The van der Waals surface area contributed by atoms with Gasteiger partial charge in [0.1, 0.15) is 11.9 Å². The first kappa shape index (κ1) is 14.0. The first-order valence-corrected chi connectivity index (χ1v) is 6.44. The highest BCUT2D eigenvalue weighted by Gasteiger charge is 2.07. The Morgan fingerprint density at radius 1 is 1.45 bits per heavy atom. The molecule has 0 radical (unpaired) electrons. The normalized spacial score (nSPS) is 9.65. The number of ether oxygens (including phenoxy) is 1. The molecule has 0 unspecified atom stereocenters. The number of nitrogens with one attached hydrogen (secondary N) is 1. The van der Waals surface area contributed by atoms with Gasteiger partial charge in [-0.2, -0.15) is 5.26 Å². The zero-order chi connectivity index (χ0) is 14.5. The third-order valence-electron chi connectivity index (χ3n) is 2.52. The quantitative estimate of drug-likeness (QED) is 0.874.